The van der Waals surface area contributed by atoms with Crippen LogP contribution in [0.1, 0.15) is 37.3 Å². The number of benzene rings is 2. The Bertz CT molecular complexity index is 660. The third-order valence-corrected chi connectivity index (χ3v) is 4.14. The topological polar surface area (TPSA) is 29.5 Å². The van der Waals surface area contributed by atoms with Crippen molar-refractivity contribution in [3.8, 4) is 11.5 Å². The smallest absolute Gasteiger partial charge is 0.118 e. The summed E-state index contributed by atoms with van der Waals surface area (Å²) in [6.45, 7) is 2.19. The van der Waals surface area contributed by atoms with Crippen LogP contribution < -0.4 is 4.74 Å². The Kier molecular flexibility index (Phi) is 6.54. The summed E-state index contributed by atoms with van der Waals surface area (Å²) >= 11 is 6.25. The number of unbranched alkanes of at least 4 members (excludes halogenated alkanes) is 1. The van der Waals surface area contributed by atoms with E-state index in [1.807, 2.05) is 18.2 Å². The molecule has 23 heavy (non-hydrogen) atoms. The van der Waals surface area contributed by atoms with Gasteiger partial charge in [-0.25, -0.2) is 0 Å². The van der Waals surface area contributed by atoms with E-state index in [0.29, 0.717) is 5.02 Å². The van der Waals surface area contributed by atoms with Crippen molar-refractivity contribution in [3.63, 3.8) is 0 Å². The molecular weight excluding hydrogens is 308 g/mol. The lowest BCUT2D eigenvalue weighted by molar-refractivity contribution is 0.415. The van der Waals surface area contributed by atoms with Crippen LogP contribution >= 0.6 is 11.6 Å². The quantitative estimate of drug-likeness (QED) is 0.687. The average molecular weight is 331 g/mol. The lowest BCUT2D eigenvalue weighted by Crippen LogP contribution is -1.93. The van der Waals surface area contributed by atoms with Crippen molar-refractivity contribution in [2.45, 2.75) is 32.6 Å². The monoisotopic (exact) mass is 330 g/mol. The SMILES string of the molecule is CCCC/C(=C\c1ccc(OC)cc1)Cc1ccc(O)cc1Cl. The molecule has 0 spiro atoms. The first-order valence-electron chi connectivity index (χ1n) is 7.93. The van der Waals surface area contributed by atoms with Crippen LogP contribution in [0.4, 0.5) is 0 Å². The van der Waals surface area contributed by atoms with Gasteiger partial charge in [0.15, 0.2) is 0 Å². The summed E-state index contributed by atoms with van der Waals surface area (Å²) in [5.74, 6) is 1.06. The lowest BCUT2D eigenvalue weighted by Gasteiger charge is -2.10. The van der Waals surface area contributed by atoms with Crippen molar-refractivity contribution in [2.75, 3.05) is 7.11 Å². The molecule has 0 fully saturated rings. The molecule has 0 heterocycles. The molecule has 0 atom stereocenters. The van der Waals surface area contributed by atoms with Crippen molar-refractivity contribution in [2.24, 2.45) is 0 Å². The van der Waals surface area contributed by atoms with Crippen LogP contribution in [0.25, 0.3) is 6.08 Å². The predicted molar refractivity (Wildman–Crippen MR) is 97.3 cm³/mol. The first kappa shape index (κ1) is 17.4. The Hall–Kier alpha value is -1.93. The number of halogens is 1. The minimum Gasteiger partial charge on any atom is -0.508 e. The molecule has 0 aromatic heterocycles. The maximum Gasteiger partial charge on any atom is 0.118 e. The van der Waals surface area contributed by atoms with Crippen LogP contribution in [0.3, 0.4) is 0 Å². The van der Waals surface area contributed by atoms with Gasteiger partial charge in [-0.2, -0.15) is 0 Å². The molecule has 1 N–H and O–H groups in total. The molecule has 2 aromatic carbocycles. The van der Waals surface area contributed by atoms with E-state index in [9.17, 15) is 5.11 Å². The van der Waals surface area contributed by atoms with Crippen molar-refractivity contribution < 1.29 is 9.84 Å². The Morgan fingerprint density at radius 1 is 1.17 bits per heavy atom. The van der Waals surface area contributed by atoms with Gasteiger partial charge < -0.3 is 9.84 Å². The van der Waals surface area contributed by atoms with Crippen LogP contribution in [0.5, 0.6) is 11.5 Å². The highest BCUT2D eigenvalue weighted by atomic mass is 35.5. The highest BCUT2D eigenvalue weighted by Crippen LogP contribution is 2.26. The van der Waals surface area contributed by atoms with E-state index >= 15 is 0 Å². The number of methoxy groups -OCH3 is 1. The number of hydrogen-bond acceptors (Lipinski definition) is 2. The van der Waals surface area contributed by atoms with Gasteiger partial charge in [0.2, 0.25) is 0 Å². The average Bonchev–Trinajstić information content (AvgIpc) is 2.55. The van der Waals surface area contributed by atoms with Gasteiger partial charge in [-0.05, 0) is 54.7 Å². The van der Waals surface area contributed by atoms with Crippen LogP contribution in [-0.4, -0.2) is 12.2 Å². The molecule has 122 valence electrons. The van der Waals surface area contributed by atoms with Gasteiger partial charge in [-0.1, -0.05) is 54.8 Å². The number of rotatable bonds is 7. The highest BCUT2D eigenvalue weighted by molar-refractivity contribution is 6.31. The zero-order valence-electron chi connectivity index (χ0n) is 13.7. The van der Waals surface area contributed by atoms with Gasteiger partial charge in [0, 0.05) is 5.02 Å². The molecule has 3 heteroatoms. The van der Waals surface area contributed by atoms with E-state index < -0.39 is 0 Å². The third-order valence-electron chi connectivity index (χ3n) is 3.79. The van der Waals surface area contributed by atoms with Gasteiger partial charge in [-0.15, -0.1) is 0 Å². The van der Waals surface area contributed by atoms with E-state index in [1.54, 1.807) is 19.2 Å². The Balaban J connectivity index is 2.22. The van der Waals surface area contributed by atoms with Crippen LogP contribution in [0.15, 0.2) is 48.0 Å². The number of allylic oxidation sites excluding steroid dienone is 1. The zero-order chi connectivity index (χ0) is 16.7. The molecule has 0 aliphatic rings. The number of phenols is 1. The normalized spacial score (nSPS) is 11.5. The van der Waals surface area contributed by atoms with Gasteiger partial charge >= 0.3 is 0 Å². The molecular formula is C20H23ClO2. The summed E-state index contributed by atoms with van der Waals surface area (Å²) in [4.78, 5) is 0. The second-order valence-electron chi connectivity index (χ2n) is 5.63. The molecule has 0 amide bonds. The van der Waals surface area contributed by atoms with Gasteiger partial charge in [-0.3, -0.25) is 0 Å². The summed E-state index contributed by atoms with van der Waals surface area (Å²) in [5.41, 5.74) is 3.54. The van der Waals surface area contributed by atoms with E-state index in [2.05, 4.69) is 25.1 Å². The third kappa shape index (κ3) is 5.33. The zero-order valence-corrected chi connectivity index (χ0v) is 14.4. The van der Waals surface area contributed by atoms with Gasteiger partial charge in [0.1, 0.15) is 11.5 Å². The minimum atomic E-state index is 0.202. The van der Waals surface area contributed by atoms with E-state index in [0.717, 1.165) is 42.6 Å². The van der Waals surface area contributed by atoms with Crippen LogP contribution in [0.2, 0.25) is 5.02 Å². The van der Waals surface area contributed by atoms with Crippen molar-refractivity contribution in [1.82, 2.24) is 0 Å². The van der Waals surface area contributed by atoms with Gasteiger partial charge in [0.25, 0.3) is 0 Å². The van der Waals surface area contributed by atoms with Crippen molar-refractivity contribution in [3.05, 3.63) is 64.2 Å². The van der Waals surface area contributed by atoms with Gasteiger partial charge in [0.05, 0.1) is 7.11 Å². The summed E-state index contributed by atoms with van der Waals surface area (Å²) in [5, 5.41) is 10.1. The van der Waals surface area contributed by atoms with Crippen molar-refractivity contribution in [1.29, 1.82) is 0 Å². The highest BCUT2D eigenvalue weighted by Gasteiger charge is 2.06. The first-order chi connectivity index (χ1) is 11.1. The summed E-state index contributed by atoms with van der Waals surface area (Å²) in [7, 11) is 1.67. The molecule has 0 radical (unpaired) electrons. The largest absolute Gasteiger partial charge is 0.508 e. The second-order valence-corrected chi connectivity index (χ2v) is 6.04. The number of phenolic OH excluding ortho intramolecular Hbond substituents is 1. The Morgan fingerprint density at radius 3 is 2.52 bits per heavy atom. The molecule has 0 saturated carbocycles. The summed E-state index contributed by atoms with van der Waals surface area (Å²) < 4.78 is 5.20. The molecule has 0 saturated heterocycles. The fraction of sp³-hybridized carbons (Fsp3) is 0.300. The lowest BCUT2D eigenvalue weighted by atomic mass is 9.98. The maximum absolute atomic E-state index is 9.49. The fourth-order valence-corrected chi connectivity index (χ4v) is 2.72. The molecule has 0 aliphatic carbocycles. The predicted octanol–water partition coefficient (Wildman–Crippen LogP) is 5.87. The molecule has 2 aromatic rings. The van der Waals surface area contributed by atoms with E-state index in [4.69, 9.17) is 16.3 Å². The number of hydrogen-bond donors (Lipinski definition) is 1. The maximum atomic E-state index is 9.49. The minimum absolute atomic E-state index is 0.202. The molecule has 0 bridgehead atoms. The summed E-state index contributed by atoms with van der Waals surface area (Å²) in [6.07, 6.45) is 6.37. The van der Waals surface area contributed by atoms with Crippen molar-refractivity contribution >= 4 is 17.7 Å². The Morgan fingerprint density at radius 2 is 1.91 bits per heavy atom. The molecule has 2 nitrogen and oxygen atoms in total. The number of aromatic hydroxyl groups is 1. The first-order valence-corrected chi connectivity index (χ1v) is 8.31. The second kappa shape index (κ2) is 8.64. The number of ether oxygens (including phenoxy) is 1. The van der Waals surface area contributed by atoms with Crippen LogP contribution in [0, 0.1) is 0 Å². The molecule has 0 unspecified atom stereocenters. The Labute approximate surface area is 143 Å². The fourth-order valence-electron chi connectivity index (χ4n) is 2.48. The standard InChI is InChI=1S/C20H23ClO2/c1-3-4-5-16(12-15-6-10-19(23-2)11-7-15)13-17-8-9-18(22)14-20(17)21/h6-12,14,22H,3-5,13H2,1-2H3/b16-12+. The molecule has 2 rings (SSSR count). The van der Waals surface area contributed by atoms with E-state index in [1.165, 1.54) is 5.57 Å². The molecule has 0 aliphatic heterocycles. The van der Waals surface area contributed by atoms with Crippen LogP contribution in [-0.2, 0) is 6.42 Å². The van der Waals surface area contributed by atoms with E-state index in [-0.39, 0.29) is 5.75 Å². The summed E-state index contributed by atoms with van der Waals surface area (Å²) in [6, 6.07) is 13.2.